The first-order valence-electron chi connectivity index (χ1n) is 8.48. The van der Waals surface area contributed by atoms with E-state index in [1.807, 2.05) is 34.6 Å². The highest BCUT2D eigenvalue weighted by Gasteiger charge is 2.31. The van der Waals surface area contributed by atoms with Crippen LogP contribution in [0.1, 0.15) is 60.8 Å². The maximum Gasteiger partial charge on any atom is 0.328 e. The third kappa shape index (κ3) is 8.00. The summed E-state index contributed by atoms with van der Waals surface area (Å²) in [5, 5.41) is 5.40. The summed E-state index contributed by atoms with van der Waals surface area (Å²) in [6, 6.07) is -1.36. The Morgan fingerprint density at radius 2 is 1.61 bits per heavy atom. The van der Waals surface area contributed by atoms with Crippen molar-refractivity contribution in [2.45, 2.75) is 72.9 Å². The number of carbonyl (C=O) groups excluding carboxylic acids is 3. The molecule has 0 saturated carbocycles. The van der Waals surface area contributed by atoms with Crippen molar-refractivity contribution >= 4 is 17.8 Å². The molecule has 6 heteroatoms. The van der Waals surface area contributed by atoms with Crippen molar-refractivity contribution in [3.8, 4) is 0 Å². The lowest BCUT2D eigenvalue weighted by atomic mass is 9.96. The average Bonchev–Trinajstić information content (AvgIpc) is 2.48. The number of amides is 2. The van der Waals surface area contributed by atoms with Gasteiger partial charge in [0.1, 0.15) is 12.1 Å². The van der Waals surface area contributed by atoms with E-state index in [2.05, 4.69) is 10.6 Å². The minimum atomic E-state index is -0.709. The molecule has 0 saturated heterocycles. The Hall–Kier alpha value is -1.59. The summed E-state index contributed by atoms with van der Waals surface area (Å²) >= 11 is 0. The Kier molecular flexibility index (Phi) is 10.3. The third-order valence-corrected chi connectivity index (χ3v) is 3.81. The third-order valence-electron chi connectivity index (χ3n) is 3.81. The van der Waals surface area contributed by atoms with Crippen LogP contribution >= 0.6 is 0 Å². The van der Waals surface area contributed by atoms with Gasteiger partial charge in [-0.05, 0) is 18.3 Å². The maximum atomic E-state index is 12.5. The van der Waals surface area contributed by atoms with Crippen LogP contribution in [0, 0.1) is 11.8 Å². The van der Waals surface area contributed by atoms with Crippen LogP contribution in [-0.2, 0) is 19.1 Å². The predicted molar refractivity (Wildman–Crippen MR) is 89.7 cm³/mol. The summed E-state index contributed by atoms with van der Waals surface area (Å²) in [7, 11) is 0. The van der Waals surface area contributed by atoms with Crippen LogP contribution < -0.4 is 10.6 Å². The van der Waals surface area contributed by atoms with E-state index in [9.17, 15) is 14.4 Å². The van der Waals surface area contributed by atoms with Crippen LogP contribution in [0.5, 0.6) is 0 Å². The van der Waals surface area contributed by atoms with E-state index in [4.69, 9.17) is 4.74 Å². The van der Waals surface area contributed by atoms with E-state index in [0.29, 0.717) is 6.61 Å². The molecule has 2 amide bonds. The van der Waals surface area contributed by atoms with Crippen molar-refractivity contribution in [1.29, 1.82) is 0 Å². The van der Waals surface area contributed by atoms with Gasteiger partial charge < -0.3 is 15.4 Å². The van der Waals surface area contributed by atoms with Crippen LogP contribution in [0.15, 0.2) is 0 Å². The van der Waals surface area contributed by atoms with Crippen LogP contribution in [0.3, 0.4) is 0 Å². The molecule has 3 atom stereocenters. The number of hydrogen-bond acceptors (Lipinski definition) is 4. The van der Waals surface area contributed by atoms with Gasteiger partial charge in [-0.2, -0.15) is 0 Å². The van der Waals surface area contributed by atoms with Crippen molar-refractivity contribution in [3.05, 3.63) is 0 Å². The summed E-state index contributed by atoms with van der Waals surface area (Å²) in [6.07, 6.45) is 2.47. The van der Waals surface area contributed by atoms with Gasteiger partial charge >= 0.3 is 5.97 Å². The fourth-order valence-electron chi connectivity index (χ4n) is 2.07. The molecule has 0 aromatic heterocycles. The van der Waals surface area contributed by atoms with Crippen LogP contribution in [0.4, 0.5) is 0 Å². The highest BCUT2D eigenvalue weighted by Crippen LogP contribution is 2.11. The van der Waals surface area contributed by atoms with Crippen LogP contribution in [0.2, 0.25) is 0 Å². The topological polar surface area (TPSA) is 84.5 Å². The van der Waals surface area contributed by atoms with Crippen molar-refractivity contribution in [3.63, 3.8) is 0 Å². The van der Waals surface area contributed by atoms with Crippen molar-refractivity contribution in [2.75, 3.05) is 6.61 Å². The summed E-state index contributed by atoms with van der Waals surface area (Å²) < 4.78 is 5.21. The first kappa shape index (κ1) is 21.4. The molecule has 0 unspecified atom stereocenters. The molecule has 0 aliphatic carbocycles. The molecule has 0 aromatic carbocycles. The standard InChI is InChI=1S/C17H32N2O4/c1-7-9-10-23-17(22)14(11(3)4)19-16(21)15(12(5)8-2)18-13(6)20/h11-12,14-15H,7-10H2,1-6H3,(H,18,20)(H,19,21)/t12-,14-,15-/m0/s1. The Morgan fingerprint density at radius 3 is 2.04 bits per heavy atom. The van der Waals surface area contributed by atoms with Gasteiger partial charge in [0.05, 0.1) is 6.61 Å². The van der Waals surface area contributed by atoms with E-state index in [0.717, 1.165) is 19.3 Å². The molecule has 0 aliphatic heterocycles. The minimum Gasteiger partial charge on any atom is -0.464 e. The molecule has 6 nitrogen and oxygen atoms in total. The van der Waals surface area contributed by atoms with Gasteiger partial charge in [-0.3, -0.25) is 9.59 Å². The van der Waals surface area contributed by atoms with E-state index in [1.54, 1.807) is 0 Å². The molecule has 0 spiro atoms. The second-order valence-corrected chi connectivity index (χ2v) is 6.32. The van der Waals surface area contributed by atoms with Crippen molar-refractivity contribution in [1.82, 2.24) is 10.6 Å². The monoisotopic (exact) mass is 328 g/mol. The van der Waals surface area contributed by atoms with Gasteiger partial charge in [0, 0.05) is 6.92 Å². The summed E-state index contributed by atoms with van der Waals surface area (Å²) in [5.41, 5.74) is 0. The first-order valence-corrected chi connectivity index (χ1v) is 8.48. The summed E-state index contributed by atoms with van der Waals surface area (Å²) in [4.78, 5) is 36.0. The summed E-state index contributed by atoms with van der Waals surface area (Å²) in [5.74, 6) is -1.16. The molecule has 0 fully saturated rings. The normalized spacial score (nSPS) is 14.7. The summed E-state index contributed by atoms with van der Waals surface area (Å²) in [6.45, 7) is 11.3. The number of ether oxygens (including phenoxy) is 1. The molecule has 134 valence electrons. The molecule has 0 radical (unpaired) electrons. The van der Waals surface area contributed by atoms with Crippen LogP contribution in [0.25, 0.3) is 0 Å². The minimum absolute atomic E-state index is 0.0252. The molecule has 0 aromatic rings. The molecule has 2 N–H and O–H groups in total. The number of esters is 1. The van der Waals surface area contributed by atoms with Gasteiger partial charge in [0.25, 0.3) is 0 Å². The van der Waals surface area contributed by atoms with Gasteiger partial charge in [0.15, 0.2) is 0 Å². The quantitative estimate of drug-likeness (QED) is 0.475. The Balaban J connectivity index is 4.91. The van der Waals surface area contributed by atoms with Gasteiger partial charge in [-0.25, -0.2) is 4.79 Å². The van der Waals surface area contributed by atoms with Crippen molar-refractivity contribution < 1.29 is 19.1 Å². The number of nitrogens with one attached hydrogen (secondary N) is 2. The zero-order chi connectivity index (χ0) is 18.0. The second-order valence-electron chi connectivity index (χ2n) is 6.32. The van der Waals surface area contributed by atoms with E-state index in [1.165, 1.54) is 6.92 Å². The Labute approximate surface area is 139 Å². The smallest absolute Gasteiger partial charge is 0.328 e. The largest absolute Gasteiger partial charge is 0.464 e. The highest BCUT2D eigenvalue weighted by atomic mass is 16.5. The average molecular weight is 328 g/mol. The number of rotatable bonds is 10. The molecule has 0 heterocycles. The Bertz CT molecular complexity index is 396. The maximum absolute atomic E-state index is 12.5. The Morgan fingerprint density at radius 1 is 1.00 bits per heavy atom. The molecule has 0 rings (SSSR count). The van der Waals surface area contributed by atoms with Crippen LogP contribution in [-0.4, -0.2) is 36.5 Å². The lowest BCUT2D eigenvalue weighted by Gasteiger charge is -2.27. The SMILES string of the molecule is CCCCOC(=O)[C@@H](NC(=O)[C@@H](NC(C)=O)[C@@H](C)CC)C(C)C. The van der Waals surface area contributed by atoms with E-state index < -0.39 is 18.1 Å². The molecular formula is C17H32N2O4. The molecular weight excluding hydrogens is 296 g/mol. The van der Waals surface area contributed by atoms with Gasteiger partial charge in [-0.15, -0.1) is 0 Å². The van der Waals surface area contributed by atoms with E-state index in [-0.39, 0.29) is 23.7 Å². The van der Waals surface area contributed by atoms with Gasteiger partial charge in [-0.1, -0.05) is 47.5 Å². The molecule has 0 aliphatic rings. The van der Waals surface area contributed by atoms with Gasteiger partial charge in [0.2, 0.25) is 11.8 Å². The lowest BCUT2D eigenvalue weighted by molar-refractivity contribution is -0.149. The number of carbonyl (C=O) groups is 3. The van der Waals surface area contributed by atoms with E-state index >= 15 is 0 Å². The zero-order valence-electron chi connectivity index (χ0n) is 15.3. The fraction of sp³-hybridized carbons (Fsp3) is 0.824. The first-order chi connectivity index (χ1) is 10.7. The fourth-order valence-corrected chi connectivity index (χ4v) is 2.07. The van der Waals surface area contributed by atoms with Crippen molar-refractivity contribution in [2.24, 2.45) is 11.8 Å². The number of unbranched alkanes of at least 4 members (excludes halogenated alkanes) is 1. The second kappa shape index (κ2) is 11.0. The lowest BCUT2D eigenvalue weighted by Crippen LogP contribution is -2.55. The predicted octanol–water partition coefficient (Wildman–Crippen LogP) is 2.02. The molecule has 0 bridgehead atoms. The number of hydrogen-bond donors (Lipinski definition) is 2. The highest BCUT2D eigenvalue weighted by molar-refractivity contribution is 5.90. The zero-order valence-corrected chi connectivity index (χ0v) is 15.3. The molecule has 23 heavy (non-hydrogen) atoms.